The third kappa shape index (κ3) is 3.75. The standard InChI is InChI=1S/C13H12F4N2OS2/c1-7-3-8(14)9(4-10(7)22-6-13(15,16)17)19-11(20)5-21-12(19)18-2/h3-4H,5-6H2,1-2H3/b18-12-. The fourth-order valence-corrected chi connectivity index (χ4v) is 3.53. The Labute approximate surface area is 133 Å². The van der Waals surface area contributed by atoms with Crippen molar-refractivity contribution in [2.24, 2.45) is 4.99 Å². The van der Waals surface area contributed by atoms with Crippen LogP contribution in [-0.4, -0.2) is 35.8 Å². The Kier molecular flexibility index (Phi) is 5.06. The number of rotatable bonds is 3. The van der Waals surface area contributed by atoms with Gasteiger partial charge in [-0.05, 0) is 24.6 Å². The molecule has 3 nitrogen and oxygen atoms in total. The topological polar surface area (TPSA) is 32.7 Å². The molecule has 0 bridgehead atoms. The zero-order chi connectivity index (χ0) is 16.5. The van der Waals surface area contributed by atoms with E-state index >= 15 is 0 Å². The van der Waals surface area contributed by atoms with Gasteiger partial charge in [-0.2, -0.15) is 13.2 Å². The van der Waals surface area contributed by atoms with Crippen molar-refractivity contribution < 1.29 is 22.4 Å². The van der Waals surface area contributed by atoms with Crippen molar-refractivity contribution in [1.29, 1.82) is 0 Å². The summed E-state index contributed by atoms with van der Waals surface area (Å²) in [7, 11) is 1.47. The lowest BCUT2D eigenvalue weighted by Crippen LogP contribution is -2.30. The van der Waals surface area contributed by atoms with Gasteiger partial charge in [0.25, 0.3) is 0 Å². The molecule has 0 N–H and O–H groups in total. The van der Waals surface area contributed by atoms with Crippen molar-refractivity contribution in [3.05, 3.63) is 23.5 Å². The van der Waals surface area contributed by atoms with Crippen molar-refractivity contribution in [2.75, 3.05) is 23.5 Å². The van der Waals surface area contributed by atoms with E-state index in [1.807, 2.05) is 0 Å². The minimum Gasteiger partial charge on any atom is -0.273 e. The molecule has 1 saturated heterocycles. The number of hydrogen-bond acceptors (Lipinski definition) is 4. The van der Waals surface area contributed by atoms with Crippen molar-refractivity contribution in [3.63, 3.8) is 0 Å². The molecule has 1 aromatic rings. The first-order valence-corrected chi connectivity index (χ1v) is 8.12. The fourth-order valence-electron chi connectivity index (χ4n) is 1.89. The molecule has 1 aliphatic heterocycles. The van der Waals surface area contributed by atoms with E-state index in [-0.39, 0.29) is 22.2 Å². The summed E-state index contributed by atoms with van der Waals surface area (Å²) in [5.74, 6) is -1.95. The van der Waals surface area contributed by atoms with Gasteiger partial charge in [-0.1, -0.05) is 11.8 Å². The van der Waals surface area contributed by atoms with E-state index in [9.17, 15) is 22.4 Å². The molecule has 0 saturated carbocycles. The van der Waals surface area contributed by atoms with E-state index in [1.165, 1.54) is 20.0 Å². The number of carbonyl (C=O) groups excluding carboxylic acids is 1. The summed E-state index contributed by atoms with van der Waals surface area (Å²) in [4.78, 5) is 17.2. The summed E-state index contributed by atoms with van der Waals surface area (Å²) in [6, 6.07) is 2.41. The monoisotopic (exact) mass is 352 g/mol. The molecular weight excluding hydrogens is 340 g/mol. The van der Waals surface area contributed by atoms with Gasteiger partial charge in [0, 0.05) is 11.9 Å². The van der Waals surface area contributed by atoms with Gasteiger partial charge in [0.15, 0.2) is 5.17 Å². The van der Waals surface area contributed by atoms with Crippen LogP contribution in [0.15, 0.2) is 22.0 Å². The van der Waals surface area contributed by atoms with Gasteiger partial charge in [0.05, 0.1) is 17.2 Å². The largest absolute Gasteiger partial charge is 0.398 e. The number of nitrogens with zero attached hydrogens (tertiary/aromatic N) is 2. The van der Waals surface area contributed by atoms with E-state index < -0.39 is 17.7 Å². The lowest BCUT2D eigenvalue weighted by molar-refractivity contribution is -0.115. The number of carbonyl (C=O) groups is 1. The highest BCUT2D eigenvalue weighted by atomic mass is 32.2. The molecule has 0 atom stereocenters. The molecule has 0 radical (unpaired) electrons. The predicted molar refractivity (Wildman–Crippen MR) is 81.2 cm³/mol. The number of alkyl halides is 3. The summed E-state index contributed by atoms with van der Waals surface area (Å²) in [6.45, 7) is 1.53. The first-order chi connectivity index (χ1) is 10.2. The first kappa shape index (κ1) is 17.1. The van der Waals surface area contributed by atoms with Crippen molar-refractivity contribution >= 4 is 40.3 Å². The Balaban J connectivity index is 2.38. The molecule has 1 heterocycles. The number of aryl methyl sites for hydroxylation is 1. The van der Waals surface area contributed by atoms with Gasteiger partial charge >= 0.3 is 6.18 Å². The van der Waals surface area contributed by atoms with Crippen molar-refractivity contribution in [2.45, 2.75) is 18.0 Å². The summed E-state index contributed by atoms with van der Waals surface area (Å²) in [5, 5.41) is 0.333. The van der Waals surface area contributed by atoms with Crippen LogP contribution in [-0.2, 0) is 4.79 Å². The molecule has 9 heteroatoms. The van der Waals surface area contributed by atoms with Crippen LogP contribution < -0.4 is 4.90 Å². The fraction of sp³-hybridized carbons (Fsp3) is 0.385. The molecular formula is C13H12F4N2OS2. The van der Waals surface area contributed by atoms with E-state index in [1.54, 1.807) is 0 Å². The number of amides is 1. The molecule has 0 unspecified atom stereocenters. The number of anilines is 1. The zero-order valence-corrected chi connectivity index (χ0v) is 13.3. The molecule has 22 heavy (non-hydrogen) atoms. The molecule has 0 aromatic heterocycles. The number of amidine groups is 1. The average molecular weight is 352 g/mol. The molecule has 0 aliphatic carbocycles. The summed E-state index contributed by atoms with van der Waals surface area (Å²) in [6.07, 6.45) is -4.32. The van der Waals surface area contributed by atoms with Crippen LogP contribution in [0, 0.1) is 12.7 Å². The maximum Gasteiger partial charge on any atom is 0.398 e. The second-order valence-electron chi connectivity index (χ2n) is 4.50. The SMILES string of the molecule is C/N=C1\SCC(=O)N1c1cc(SCC(F)(F)F)c(C)cc1F. The predicted octanol–water partition coefficient (Wildman–Crippen LogP) is 3.85. The molecule has 0 spiro atoms. The van der Waals surface area contributed by atoms with Gasteiger partial charge in [0.2, 0.25) is 5.91 Å². The Morgan fingerprint density at radius 1 is 1.41 bits per heavy atom. The van der Waals surface area contributed by atoms with Crippen molar-refractivity contribution in [1.82, 2.24) is 0 Å². The number of aliphatic imine (C=N–C) groups is 1. The summed E-state index contributed by atoms with van der Waals surface area (Å²) >= 11 is 1.73. The Morgan fingerprint density at radius 3 is 2.68 bits per heavy atom. The van der Waals surface area contributed by atoms with Gasteiger partial charge in [0.1, 0.15) is 5.82 Å². The number of thioether (sulfide) groups is 2. The number of hydrogen-bond donors (Lipinski definition) is 0. The van der Waals surface area contributed by atoms with Gasteiger partial charge < -0.3 is 0 Å². The smallest absolute Gasteiger partial charge is 0.273 e. The van der Waals surface area contributed by atoms with E-state index in [0.717, 1.165) is 22.7 Å². The van der Waals surface area contributed by atoms with Crippen LogP contribution in [0.1, 0.15) is 5.56 Å². The normalized spacial score (nSPS) is 17.6. The maximum atomic E-state index is 14.1. The third-order valence-corrected chi connectivity index (χ3v) is 5.07. The van der Waals surface area contributed by atoms with E-state index in [2.05, 4.69) is 4.99 Å². The van der Waals surface area contributed by atoms with Crippen LogP contribution in [0.2, 0.25) is 0 Å². The van der Waals surface area contributed by atoms with E-state index in [0.29, 0.717) is 22.5 Å². The Morgan fingerprint density at radius 2 is 2.09 bits per heavy atom. The van der Waals surface area contributed by atoms with Crippen LogP contribution >= 0.6 is 23.5 Å². The molecule has 1 aromatic carbocycles. The quantitative estimate of drug-likeness (QED) is 0.612. The van der Waals surface area contributed by atoms with Crippen LogP contribution in [0.4, 0.5) is 23.2 Å². The maximum absolute atomic E-state index is 14.1. The van der Waals surface area contributed by atoms with Crippen LogP contribution in [0.5, 0.6) is 0 Å². The average Bonchev–Trinajstić information content (AvgIpc) is 2.78. The van der Waals surface area contributed by atoms with Gasteiger partial charge in [-0.25, -0.2) is 4.39 Å². The second kappa shape index (κ2) is 6.49. The molecule has 1 aliphatic rings. The van der Waals surface area contributed by atoms with E-state index in [4.69, 9.17) is 0 Å². The number of benzene rings is 1. The highest BCUT2D eigenvalue weighted by Crippen LogP contribution is 2.36. The van der Waals surface area contributed by atoms with Gasteiger partial charge in [-0.3, -0.25) is 14.7 Å². The molecule has 1 amide bonds. The second-order valence-corrected chi connectivity index (χ2v) is 6.46. The van der Waals surface area contributed by atoms with Gasteiger partial charge in [-0.15, -0.1) is 11.8 Å². The molecule has 120 valence electrons. The minimum absolute atomic E-state index is 0.0640. The van der Waals surface area contributed by atoms with Crippen LogP contribution in [0.3, 0.4) is 0 Å². The lowest BCUT2D eigenvalue weighted by Gasteiger charge is -2.19. The lowest BCUT2D eigenvalue weighted by atomic mass is 10.2. The van der Waals surface area contributed by atoms with Crippen molar-refractivity contribution in [3.8, 4) is 0 Å². The minimum atomic E-state index is -4.32. The van der Waals surface area contributed by atoms with Crippen LogP contribution in [0.25, 0.3) is 0 Å². The molecule has 2 rings (SSSR count). The Hall–Kier alpha value is -1.22. The summed E-state index contributed by atoms with van der Waals surface area (Å²) < 4.78 is 51.2. The first-order valence-electron chi connectivity index (χ1n) is 6.15. The summed E-state index contributed by atoms with van der Waals surface area (Å²) in [5.41, 5.74) is 0.329. The highest BCUT2D eigenvalue weighted by molar-refractivity contribution is 8.15. The highest BCUT2D eigenvalue weighted by Gasteiger charge is 2.32. The Bertz CT molecular complexity index is 631. The number of halogens is 4. The zero-order valence-electron chi connectivity index (χ0n) is 11.7. The third-order valence-electron chi connectivity index (χ3n) is 2.83. The molecule has 1 fully saturated rings.